The molecule has 4 saturated heterocycles. The molecule has 0 aromatic rings. The number of carbonyl (C=O) groups excluding carboxylic acids is 2. The molecule has 9 rings (SSSR count). The Morgan fingerprint density at radius 1 is 0.674 bits per heavy atom. The fourth-order valence-corrected chi connectivity index (χ4v) is 17.0. The number of hydrogen-bond acceptors (Lipinski definition) is 26. The minimum Gasteiger partial charge on any atom is -0.479 e. The summed E-state index contributed by atoms with van der Waals surface area (Å²) in [5.41, 5.74) is -4.00. The average molecular weight is 1230 g/mol. The van der Waals surface area contributed by atoms with Crippen LogP contribution in [0.2, 0.25) is 0 Å². The summed E-state index contributed by atoms with van der Waals surface area (Å²) < 4.78 is 60.2. The van der Waals surface area contributed by atoms with Gasteiger partial charge < -0.3 is 119 Å². The van der Waals surface area contributed by atoms with Gasteiger partial charge in [0.2, 0.25) is 0 Å². The van der Waals surface area contributed by atoms with Crippen LogP contribution in [0.25, 0.3) is 0 Å². The maximum atomic E-state index is 13.4. The molecule has 0 amide bonds. The highest BCUT2D eigenvalue weighted by Crippen LogP contribution is 2.76. The Kier molecular flexibility index (Phi) is 19.5. The van der Waals surface area contributed by atoms with Crippen LogP contribution in [0.4, 0.5) is 0 Å². The first kappa shape index (κ1) is 67.4. The maximum Gasteiger partial charge on any atom is 0.335 e. The van der Waals surface area contributed by atoms with Crippen molar-refractivity contribution in [2.45, 2.75) is 242 Å². The van der Waals surface area contributed by atoms with Crippen LogP contribution < -0.4 is 0 Å². The van der Waals surface area contributed by atoms with Gasteiger partial charge in [0.1, 0.15) is 98.2 Å². The number of aliphatic hydroxyl groups is 13. The minimum atomic E-state index is -2.26. The standard InChI is InChI=1S/C59H92O27/c1-10-24(2)49(76)86-47-46(73)59(23-79-25(3)62)27(17-54(47,4)5)26-11-12-32-55(6)15-14-34(56(7,22-61)31(55)13-16-57(32,8)58(26,9)18-33(59)65)81-53-45(85-51-40(71)38(69)37(68)30(19-60)80-51)42(41(72)43(83-53)48(74)75)82-52-44(36(67)29(64)21-78-52)84-50-39(70)35(66)28(63)20-77-50/h10-11,27-47,50-53,60-61,63-73H,12-23H2,1-9H3,(H,74,75)/b24-10-/t27-,28+,29-,30+,31+,32-,33+,34-,35-,36-,37-,38-,39+,40+,41-,42-,43-,44+,45+,46-,47-,50-,51-,52-,53+,55-,56-,57+,58+,59-/m0/s1. The summed E-state index contributed by atoms with van der Waals surface area (Å²) in [6.45, 7) is 13.9. The van der Waals surface area contributed by atoms with E-state index < -0.39 is 218 Å². The predicted molar refractivity (Wildman–Crippen MR) is 290 cm³/mol. The number of rotatable bonds is 15. The number of ether oxygens (including phenoxy) is 10. The summed E-state index contributed by atoms with van der Waals surface area (Å²) in [4.78, 5) is 39.1. The normalized spacial score (nSPS) is 51.2. The van der Waals surface area contributed by atoms with E-state index in [0.29, 0.717) is 37.7 Å². The van der Waals surface area contributed by atoms with Crippen molar-refractivity contribution < 1.29 is 133 Å². The molecular formula is C59H92O27. The maximum absolute atomic E-state index is 13.4. The largest absolute Gasteiger partial charge is 0.479 e. The molecule has 14 N–H and O–H groups in total. The van der Waals surface area contributed by atoms with Gasteiger partial charge in [-0.3, -0.25) is 4.79 Å². The average Bonchev–Trinajstić information content (AvgIpc) is 0.771. The second kappa shape index (κ2) is 24.9. The molecule has 27 nitrogen and oxygen atoms in total. The number of carboxylic acids is 1. The number of aliphatic hydroxyl groups excluding tert-OH is 13. The zero-order chi connectivity index (χ0) is 63.3. The van der Waals surface area contributed by atoms with E-state index in [9.17, 15) is 85.9 Å². The Morgan fingerprint density at radius 2 is 1.30 bits per heavy atom. The molecule has 5 aliphatic carbocycles. The quantitative estimate of drug-likeness (QED) is 0.0357. The van der Waals surface area contributed by atoms with E-state index in [1.807, 2.05) is 20.8 Å². The Hall–Kier alpha value is -2.95. The molecule has 0 radical (unpaired) electrons. The summed E-state index contributed by atoms with van der Waals surface area (Å²) in [5.74, 6) is -3.96. The van der Waals surface area contributed by atoms with E-state index >= 15 is 0 Å². The van der Waals surface area contributed by atoms with Crippen molar-refractivity contribution in [1.82, 2.24) is 0 Å². The highest BCUT2D eigenvalue weighted by atomic mass is 16.8. The van der Waals surface area contributed by atoms with Crippen LogP contribution in [-0.4, -0.2) is 257 Å². The molecule has 9 aliphatic rings. The van der Waals surface area contributed by atoms with Gasteiger partial charge in [-0.1, -0.05) is 59.3 Å². The molecule has 27 heteroatoms. The van der Waals surface area contributed by atoms with Crippen molar-refractivity contribution in [3.63, 3.8) is 0 Å². The number of hydrogen-bond donors (Lipinski definition) is 14. The topological polar surface area (TPSA) is 427 Å². The first-order valence-electron chi connectivity index (χ1n) is 30.0. The number of aliphatic carboxylic acids is 1. The molecule has 86 heavy (non-hydrogen) atoms. The molecule has 0 aromatic heterocycles. The van der Waals surface area contributed by atoms with Crippen LogP contribution in [0.3, 0.4) is 0 Å². The monoisotopic (exact) mass is 1230 g/mol. The molecule has 0 spiro atoms. The van der Waals surface area contributed by atoms with Gasteiger partial charge >= 0.3 is 17.9 Å². The van der Waals surface area contributed by atoms with Crippen molar-refractivity contribution in [2.24, 2.45) is 50.2 Å². The van der Waals surface area contributed by atoms with Crippen LogP contribution >= 0.6 is 0 Å². The van der Waals surface area contributed by atoms with E-state index in [4.69, 9.17) is 47.4 Å². The molecular weight excluding hydrogens is 1140 g/mol. The lowest BCUT2D eigenvalue weighted by Gasteiger charge is -2.72. The third kappa shape index (κ3) is 11.1. The highest BCUT2D eigenvalue weighted by Gasteiger charge is 2.74. The lowest BCUT2D eigenvalue weighted by molar-refractivity contribution is -0.400. The minimum absolute atomic E-state index is 0.118. The molecule has 0 bridgehead atoms. The molecule has 4 heterocycles. The molecule has 4 saturated carbocycles. The summed E-state index contributed by atoms with van der Waals surface area (Å²) in [5, 5.41) is 157. The van der Waals surface area contributed by atoms with Crippen LogP contribution in [0, 0.1) is 50.2 Å². The van der Waals surface area contributed by atoms with Crippen LogP contribution in [0.1, 0.15) is 107 Å². The lowest BCUT2D eigenvalue weighted by atomic mass is 9.33. The number of carbonyl (C=O) groups is 3. The van der Waals surface area contributed by atoms with E-state index in [0.717, 1.165) is 5.57 Å². The van der Waals surface area contributed by atoms with Crippen molar-refractivity contribution in [3.8, 4) is 0 Å². The first-order valence-corrected chi connectivity index (χ1v) is 30.0. The second-order valence-corrected chi connectivity index (χ2v) is 27.5. The Bertz CT molecular complexity index is 2510. The van der Waals surface area contributed by atoms with Crippen molar-refractivity contribution in [3.05, 3.63) is 23.3 Å². The number of allylic oxidation sites excluding steroid dienone is 3. The van der Waals surface area contributed by atoms with Gasteiger partial charge in [0.05, 0.1) is 44.1 Å². The summed E-state index contributed by atoms with van der Waals surface area (Å²) in [6, 6.07) is 0. The Morgan fingerprint density at radius 3 is 1.93 bits per heavy atom. The van der Waals surface area contributed by atoms with Crippen molar-refractivity contribution >= 4 is 17.9 Å². The third-order valence-corrected chi connectivity index (χ3v) is 22.4. The summed E-state index contributed by atoms with van der Waals surface area (Å²) >= 11 is 0. The Balaban J connectivity index is 1.05. The second-order valence-electron chi connectivity index (χ2n) is 27.5. The number of carboxylic acid groups (broad SMARTS) is 1. The smallest absolute Gasteiger partial charge is 0.335 e. The van der Waals surface area contributed by atoms with Crippen LogP contribution in [0.5, 0.6) is 0 Å². The van der Waals surface area contributed by atoms with Gasteiger partial charge in [0, 0.05) is 23.3 Å². The summed E-state index contributed by atoms with van der Waals surface area (Å²) in [7, 11) is 0. The van der Waals surface area contributed by atoms with Crippen molar-refractivity contribution in [2.75, 3.05) is 33.0 Å². The summed E-state index contributed by atoms with van der Waals surface area (Å²) in [6.07, 6.45) is -32.7. The van der Waals surface area contributed by atoms with E-state index in [2.05, 4.69) is 26.8 Å². The van der Waals surface area contributed by atoms with Crippen LogP contribution in [-0.2, 0) is 61.8 Å². The third-order valence-electron chi connectivity index (χ3n) is 22.4. The number of fused-ring (bicyclic) bond motifs is 7. The van der Waals surface area contributed by atoms with Gasteiger partial charge in [-0.2, -0.15) is 0 Å². The fourth-order valence-electron chi connectivity index (χ4n) is 17.0. The van der Waals surface area contributed by atoms with Crippen LogP contribution in [0.15, 0.2) is 23.3 Å². The lowest BCUT2D eigenvalue weighted by Crippen LogP contribution is -2.72. The van der Waals surface area contributed by atoms with E-state index in [-0.39, 0.29) is 31.3 Å². The fraction of sp³-hybridized carbons (Fsp3) is 0.881. The first-order chi connectivity index (χ1) is 40.2. The van der Waals surface area contributed by atoms with Gasteiger partial charge in [0.25, 0.3) is 0 Å². The molecule has 0 unspecified atom stereocenters. The van der Waals surface area contributed by atoms with E-state index in [1.54, 1.807) is 19.9 Å². The Labute approximate surface area is 498 Å². The van der Waals surface area contributed by atoms with Gasteiger partial charge in [-0.05, 0) is 92.8 Å². The van der Waals surface area contributed by atoms with Gasteiger partial charge in [0.15, 0.2) is 31.3 Å². The van der Waals surface area contributed by atoms with Crippen molar-refractivity contribution in [1.29, 1.82) is 0 Å². The number of esters is 2. The SMILES string of the molecule is C/C=C(/C)C(=O)O[C@H]1[C@H](O)[C@]2(COC(C)=O)[C@H](O)C[C@]3(C)C(=CC[C@H]4[C@@]5(C)CC[C@H](O[C@@H]6O[C@H](C(=O)O)[C@@H](O)[C@H](O[C@@H]7OC[C@H](O)[C@H](O)[C@H]7O[C@@H]7OC[C@@H](O)[C@H](O)[C@H]7O)[C@H]6O[C@@H]6O[C@H](CO)[C@H](O)[C@H](O)[C@H]6O)[C@@](C)(CO)[C@@H]5CC[C@]43C)[C@@H]2CC1(C)C. The molecule has 4 aliphatic heterocycles. The zero-order valence-electron chi connectivity index (χ0n) is 50.1. The van der Waals surface area contributed by atoms with Gasteiger partial charge in [-0.25, -0.2) is 9.59 Å². The van der Waals surface area contributed by atoms with Gasteiger partial charge in [-0.15, -0.1) is 0 Å². The predicted octanol–water partition coefficient (Wildman–Crippen LogP) is -2.22. The van der Waals surface area contributed by atoms with E-state index in [1.165, 1.54) is 6.92 Å². The molecule has 490 valence electrons. The molecule has 8 fully saturated rings. The molecule has 30 atom stereocenters. The zero-order valence-corrected chi connectivity index (χ0v) is 50.1. The molecule has 0 aromatic carbocycles. The highest BCUT2D eigenvalue weighted by molar-refractivity contribution is 5.87.